The topological polar surface area (TPSA) is 95.2 Å². The van der Waals surface area contributed by atoms with Gasteiger partial charge in [-0.2, -0.15) is 5.26 Å². The van der Waals surface area contributed by atoms with E-state index in [4.69, 9.17) is 5.26 Å². The molecule has 1 N–H and O–H groups in total. The second-order valence-corrected chi connectivity index (χ2v) is 8.81. The average molecular weight is 443 g/mol. The van der Waals surface area contributed by atoms with Crippen LogP contribution in [0.15, 0.2) is 54.7 Å². The number of nitrogens with zero attached hydrogens (tertiary/aromatic N) is 3. The lowest BCUT2D eigenvalue weighted by molar-refractivity contribution is -0.130. The molecule has 0 saturated carbocycles. The van der Waals surface area contributed by atoms with Crippen LogP contribution in [0.4, 0.5) is 4.79 Å². The van der Waals surface area contributed by atoms with Crippen molar-refractivity contribution in [1.82, 2.24) is 14.8 Å². The molecule has 0 aliphatic carbocycles. The molecular formula is C26H26N4O3. The maximum Gasteiger partial charge on any atom is 0.325 e. The third-order valence-electron chi connectivity index (χ3n) is 6.28. The van der Waals surface area contributed by atoms with Crippen LogP contribution in [0.25, 0.3) is 10.9 Å². The molecule has 2 heterocycles. The first-order valence-corrected chi connectivity index (χ1v) is 11.0. The zero-order valence-electron chi connectivity index (χ0n) is 19.0. The summed E-state index contributed by atoms with van der Waals surface area (Å²) in [6.07, 6.45) is 2.01. The van der Waals surface area contributed by atoms with E-state index in [9.17, 15) is 14.4 Å². The number of carbonyl (C=O) groups excluding carboxylic acids is 3. The van der Waals surface area contributed by atoms with E-state index in [1.807, 2.05) is 53.1 Å². The van der Waals surface area contributed by atoms with Crippen molar-refractivity contribution in [2.24, 2.45) is 0 Å². The molecule has 0 unspecified atom stereocenters. The fourth-order valence-electron chi connectivity index (χ4n) is 4.29. The summed E-state index contributed by atoms with van der Waals surface area (Å²) in [7, 11) is 0. The van der Waals surface area contributed by atoms with Crippen LogP contribution in [0.3, 0.4) is 0 Å². The maximum absolute atomic E-state index is 13.3. The number of imide groups is 1. The third kappa shape index (κ3) is 3.89. The Morgan fingerprint density at radius 3 is 2.48 bits per heavy atom. The van der Waals surface area contributed by atoms with Crippen LogP contribution in [-0.4, -0.2) is 33.7 Å². The minimum absolute atomic E-state index is 0.313. The highest BCUT2D eigenvalue weighted by molar-refractivity contribution is 6.14. The van der Waals surface area contributed by atoms with Crippen molar-refractivity contribution in [2.45, 2.75) is 45.2 Å². The van der Waals surface area contributed by atoms with E-state index in [-0.39, 0.29) is 12.3 Å². The Labute approximate surface area is 192 Å². The van der Waals surface area contributed by atoms with Crippen molar-refractivity contribution in [3.63, 3.8) is 0 Å². The summed E-state index contributed by atoms with van der Waals surface area (Å²) in [5, 5.41) is 12.4. The van der Waals surface area contributed by atoms with E-state index in [0.29, 0.717) is 30.0 Å². The summed E-state index contributed by atoms with van der Waals surface area (Å²) in [5.74, 6) is -0.429. The quantitative estimate of drug-likeness (QED) is 0.435. The van der Waals surface area contributed by atoms with Crippen molar-refractivity contribution in [3.05, 3.63) is 71.4 Å². The molecule has 168 valence electrons. The highest BCUT2D eigenvalue weighted by Crippen LogP contribution is 2.31. The summed E-state index contributed by atoms with van der Waals surface area (Å²) in [5.41, 5.74) is 1.85. The van der Waals surface area contributed by atoms with Gasteiger partial charge in [0, 0.05) is 29.2 Å². The molecule has 4 rings (SSSR count). The molecule has 7 heteroatoms. The molecule has 1 atom stereocenters. The van der Waals surface area contributed by atoms with Crippen LogP contribution in [0.2, 0.25) is 0 Å². The number of Topliss-reactive ketones (excluding diaryl/α,β-unsaturated/α-hetero) is 1. The molecule has 2 aromatic carbocycles. The van der Waals surface area contributed by atoms with Crippen molar-refractivity contribution in [3.8, 4) is 6.07 Å². The smallest absolute Gasteiger partial charge is 0.325 e. The second kappa shape index (κ2) is 8.55. The molecule has 33 heavy (non-hydrogen) atoms. The number of fused-ring (bicyclic) bond motifs is 1. The Balaban J connectivity index is 1.60. The SMILES string of the molecule is CC(C)c1ccc([C@@]2(C)NC(=O)N(CC(=O)c3cn(CCC#N)c4ccccc34)C2=O)cc1. The van der Waals surface area contributed by atoms with Crippen molar-refractivity contribution >= 4 is 28.6 Å². The Morgan fingerprint density at radius 2 is 1.82 bits per heavy atom. The maximum atomic E-state index is 13.3. The van der Waals surface area contributed by atoms with Gasteiger partial charge in [0.25, 0.3) is 5.91 Å². The number of ketones is 1. The number of hydrogen-bond donors (Lipinski definition) is 1. The number of nitrogens with one attached hydrogen (secondary N) is 1. The normalized spacial score (nSPS) is 18.1. The molecule has 1 aromatic heterocycles. The lowest BCUT2D eigenvalue weighted by atomic mass is 9.90. The zero-order chi connectivity index (χ0) is 23.8. The van der Waals surface area contributed by atoms with Crippen LogP contribution in [-0.2, 0) is 16.9 Å². The Kier molecular flexibility index (Phi) is 5.77. The number of amides is 3. The first-order chi connectivity index (χ1) is 15.8. The number of aryl methyl sites for hydroxylation is 1. The number of para-hydroxylation sites is 1. The van der Waals surface area contributed by atoms with Crippen LogP contribution in [0.5, 0.6) is 0 Å². The average Bonchev–Trinajstić information content (AvgIpc) is 3.28. The van der Waals surface area contributed by atoms with Crippen LogP contribution in [0.1, 0.15) is 54.6 Å². The molecule has 1 saturated heterocycles. The van der Waals surface area contributed by atoms with Crippen LogP contribution in [0, 0.1) is 11.3 Å². The lowest BCUT2D eigenvalue weighted by Crippen LogP contribution is -2.41. The van der Waals surface area contributed by atoms with E-state index in [1.165, 1.54) is 0 Å². The van der Waals surface area contributed by atoms with Gasteiger partial charge in [-0.1, -0.05) is 56.3 Å². The summed E-state index contributed by atoms with van der Waals surface area (Å²) >= 11 is 0. The monoisotopic (exact) mass is 442 g/mol. The van der Waals surface area contributed by atoms with Crippen LogP contribution < -0.4 is 5.32 Å². The predicted octanol–water partition coefficient (Wildman–Crippen LogP) is 4.33. The molecular weight excluding hydrogens is 416 g/mol. The van der Waals surface area contributed by atoms with Gasteiger partial charge >= 0.3 is 6.03 Å². The van der Waals surface area contributed by atoms with Gasteiger partial charge in [0.2, 0.25) is 0 Å². The van der Waals surface area contributed by atoms with E-state index in [0.717, 1.165) is 21.4 Å². The summed E-state index contributed by atoms with van der Waals surface area (Å²) in [6, 6.07) is 16.5. The predicted molar refractivity (Wildman–Crippen MR) is 125 cm³/mol. The van der Waals surface area contributed by atoms with Gasteiger partial charge in [-0.05, 0) is 30.0 Å². The van der Waals surface area contributed by atoms with Gasteiger partial charge in [0.15, 0.2) is 5.78 Å². The van der Waals surface area contributed by atoms with Gasteiger partial charge in [-0.15, -0.1) is 0 Å². The minimum Gasteiger partial charge on any atom is -0.346 e. The van der Waals surface area contributed by atoms with Crippen molar-refractivity contribution in [2.75, 3.05) is 6.54 Å². The highest BCUT2D eigenvalue weighted by atomic mass is 16.2. The van der Waals surface area contributed by atoms with Gasteiger partial charge < -0.3 is 9.88 Å². The molecule has 3 amide bonds. The van der Waals surface area contributed by atoms with E-state index < -0.39 is 17.5 Å². The third-order valence-corrected chi connectivity index (χ3v) is 6.28. The second-order valence-electron chi connectivity index (χ2n) is 8.81. The number of hydrogen-bond acceptors (Lipinski definition) is 4. The van der Waals surface area contributed by atoms with E-state index in [2.05, 4.69) is 25.2 Å². The van der Waals surface area contributed by atoms with E-state index >= 15 is 0 Å². The summed E-state index contributed by atoms with van der Waals surface area (Å²) < 4.78 is 1.86. The molecule has 1 aliphatic rings. The molecule has 0 radical (unpaired) electrons. The fraction of sp³-hybridized carbons (Fsp3) is 0.308. The van der Waals surface area contributed by atoms with Gasteiger partial charge in [-0.25, -0.2) is 4.79 Å². The first-order valence-electron chi connectivity index (χ1n) is 11.0. The number of aromatic nitrogens is 1. The lowest BCUT2D eigenvalue weighted by Gasteiger charge is -2.22. The number of carbonyl (C=O) groups is 3. The molecule has 1 fully saturated rings. The van der Waals surface area contributed by atoms with Crippen molar-refractivity contribution < 1.29 is 14.4 Å². The van der Waals surface area contributed by atoms with Crippen LogP contribution >= 0.6 is 0 Å². The molecule has 3 aromatic rings. The fourth-order valence-corrected chi connectivity index (χ4v) is 4.29. The Hall–Kier alpha value is -3.92. The summed E-state index contributed by atoms with van der Waals surface area (Å²) in [4.78, 5) is 40.2. The van der Waals surface area contributed by atoms with Crippen molar-refractivity contribution in [1.29, 1.82) is 5.26 Å². The standard InChI is InChI=1S/C26H26N4O3/c1-17(2)18-9-11-19(12-10-18)26(3)24(32)30(25(33)28-26)16-23(31)21-15-29(14-6-13-27)22-8-5-4-7-20(21)22/h4-5,7-12,15,17H,6,14,16H2,1-3H3,(H,28,33)/t26-/m1/s1. The molecule has 0 spiro atoms. The Morgan fingerprint density at radius 1 is 1.12 bits per heavy atom. The first kappa shape index (κ1) is 22.3. The number of nitriles is 1. The minimum atomic E-state index is -1.23. The number of urea groups is 1. The Bertz CT molecular complexity index is 1280. The molecule has 1 aliphatic heterocycles. The highest BCUT2D eigenvalue weighted by Gasteiger charge is 2.49. The van der Waals surface area contributed by atoms with E-state index in [1.54, 1.807) is 13.1 Å². The summed E-state index contributed by atoms with van der Waals surface area (Å²) in [6.45, 7) is 5.94. The zero-order valence-corrected chi connectivity index (χ0v) is 19.0. The number of rotatable bonds is 7. The van der Waals surface area contributed by atoms with Gasteiger partial charge in [-0.3, -0.25) is 14.5 Å². The van der Waals surface area contributed by atoms with Gasteiger partial charge in [0.1, 0.15) is 5.54 Å². The van der Waals surface area contributed by atoms with Gasteiger partial charge in [0.05, 0.1) is 19.0 Å². The molecule has 0 bridgehead atoms. The largest absolute Gasteiger partial charge is 0.346 e. The number of benzene rings is 2. The molecule has 7 nitrogen and oxygen atoms in total.